The SMILES string of the molecule is CC(C)(C)c1ccc(Sc2ccc(C=O)cc2Cl)cc1. The van der Waals surface area contributed by atoms with Crippen LogP contribution in [0.3, 0.4) is 0 Å². The summed E-state index contributed by atoms with van der Waals surface area (Å²) in [5.74, 6) is 0. The van der Waals surface area contributed by atoms with Crippen LogP contribution in [0.1, 0.15) is 36.7 Å². The first kappa shape index (κ1) is 15.1. The third kappa shape index (κ3) is 3.65. The molecule has 0 amide bonds. The number of hydrogen-bond acceptors (Lipinski definition) is 2. The Hall–Kier alpha value is -1.25. The molecule has 2 aromatic carbocycles. The van der Waals surface area contributed by atoms with Crippen LogP contribution in [0.15, 0.2) is 52.3 Å². The summed E-state index contributed by atoms with van der Waals surface area (Å²) in [6.07, 6.45) is 0.804. The zero-order chi connectivity index (χ0) is 14.8. The molecule has 0 fully saturated rings. The second-order valence-electron chi connectivity index (χ2n) is 5.68. The highest BCUT2D eigenvalue weighted by molar-refractivity contribution is 7.99. The lowest BCUT2D eigenvalue weighted by Gasteiger charge is -2.19. The number of aldehydes is 1. The van der Waals surface area contributed by atoms with Gasteiger partial charge in [0.25, 0.3) is 0 Å². The molecule has 0 aliphatic rings. The van der Waals surface area contributed by atoms with Crippen molar-refractivity contribution in [3.05, 3.63) is 58.6 Å². The van der Waals surface area contributed by atoms with Crippen molar-refractivity contribution in [1.82, 2.24) is 0 Å². The van der Waals surface area contributed by atoms with E-state index in [0.29, 0.717) is 10.6 Å². The Morgan fingerprint density at radius 2 is 1.70 bits per heavy atom. The van der Waals surface area contributed by atoms with Gasteiger partial charge in [-0.05, 0) is 35.2 Å². The average Bonchev–Trinajstić information content (AvgIpc) is 2.40. The number of benzene rings is 2. The number of halogens is 1. The molecule has 0 aromatic heterocycles. The van der Waals surface area contributed by atoms with Gasteiger partial charge in [-0.1, -0.05) is 62.3 Å². The van der Waals surface area contributed by atoms with Gasteiger partial charge in [0.15, 0.2) is 0 Å². The van der Waals surface area contributed by atoms with E-state index in [9.17, 15) is 4.79 Å². The van der Waals surface area contributed by atoms with Gasteiger partial charge >= 0.3 is 0 Å². The number of rotatable bonds is 3. The molecule has 0 aliphatic heterocycles. The molecule has 20 heavy (non-hydrogen) atoms. The minimum absolute atomic E-state index is 0.159. The zero-order valence-corrected chi connectivity index (χ0v) is 13.4. The topological polar surface area (TPSA) is 17.1 Å². The van der Waals surface area contributed by atoms with Crippen molar-refractivity contribution in [3.63, 3.8) is 0 Å². The van der Waals surface area contributed by atoms with Gasteiger partial charge in [-0.25, -0.2) is 0 Å². The summed E-state index contributed by atoms with van der Waals surface area (Å²) in [7, 11) is 0. The lowest BCUT2D eigenvalue weighted by atomic mass is 9.87. The molecule has 104 valence electrons. The molecule has 2 aromatic rings. The van der Waals surface area contributed by atoms with E-state index >= 15 is 0 Å². The summed E-state index contributed by atoms with van der Waals surface area (Å²) in [4.78, 5) is 12.8. The minimum atomic E-state index is 0.159. The Kier molecular flexibility index (Phi) is 4.56. The van der Waals surface area contributed by atoms with E-state index in [1.807, 2.05) is 6.07 Å². The van der Waals surface area contributed by atoms with Gasteiger partial charge in [-0.15, -0.1) is 0 Å². The second-order valence-corrected chi connectivity index (χ2v) is 7.21. The first-order valence-electron chi connectivity index (χ1n) is 6.43. The number of carbonyl (C=O) groups is 1. The third-order valence-corrected chi connectivity index (χ3v) is 4.55. The Bertz CT molecular complexity index is 612. The van der Waals surface area contributed by atoms with Crippen LogP contribution < -0.4 is 0 Å². The molecule has 1 nitrogen and oxygen atoms in total. The maximum absolute atomic E-state index is 10.7. The lowest BCUT2D eigenvalue weighted by molar-refractivity contribution is 0.112. The van der Waals surface area contributed by atoms with Crippen LogP contribution in [-0.4, -0.2) is 6.29 Å². The molecule has 0 heterocycles. The predicted molar refractivity (Wildman–Crippen MR) is 86.1 cm³/mol. The predicted octanol–water partition coefficient (Wildman–Crippen LogP) is 5.60. The van der Waals surface area contributed by atoms with Crippen molar-refractivity contribution >= 4 is 29.6 Å². The van der Waals surface area contributed by atoms with Crippen LogP contribution in [0, 0.1) is 0 Å². The van der Waals surface area contributed by atoms with E-state index in [2.05, 4.69) is 45.0 Å². The summed E-state index contributed by atoms with van der Waals surface area (Å²) in [5.41, 5.74) is 2.07. The van der Waals surface area contributed by atoms with E-state index in [1.165, 1.54) is 5.56 Å². The Balaban J connectivity index is 2.20. The van der Waals surface area contributed by atoms with Crippen molar-refractivity contribution in [1.29, 1.82) is 0 Å². The first-order valence-corrected chi connectivity index (χ1v) is 7.63. The highest BCUT2D eigenvalue weighted by Gasteiger charge is 2.13. The summed E-state index contributed by atoms with van der Waals surface area (Å²) in [6.45, 7) is 6.60. The lowest BCUT2D eigenvalue weighted by Crippen LogP contribution is -2.10. The Morgan fingerprint density at radius 1 is 1.05 bits per heavy atom. The smallest absolute Gasteiger partial charge is 0.150 e. The molecule has 0 saturated carbocycles. The van der Waals surface area contributed by atoms with Crippen LogP contribution in [0.4, 0.5) is 0 Å². The van der Waals surface area contributed by atoms with Gasteiger partial charge in [0.05, 0.1) is 5.02 Å². The van der Waals surface area contributed by atoms with E-state index < -0.39 is 0 Å². The largest absolute Gasteiger partial charge is 0.298 e. The molecule has 0 saturated heterocycles. The molecule has 3 heteroatoms. The van der Waals surface area contributed by atoms with Crippen LogP contribution >= 0.6 is 23.4 Å². The molecule has 0 spiro atoms. The molecule has 0 radical (unpaired) electrons. The monoisotopic (exact) mass is 304 g/mol. The fraction of sp³-hybridized carbons (Fsp3) is 0.235. The molecule has 0 N–H and O–H groups in total. The summed E-state index contributed by atoms with van der Waals surface area (Å²) >= 11 is 7.79. The summed E-state index contributed by atoms with van der Waals surface area (Å²) in [6, 6.07) is 13.9. The quantitative estimate of drug-likeness (QED) is 0.686. The van der Waals surface area contributed by atoms with E-state index in [4.69, 9.17) is 11.6 Å². The third-order valence-electron chi connectivity index (χ3n) is 3.04. The van der Waals surface area contributed by atoms with Gasteiger partial charge in [0.2, 0.25) is 0 Å². The maximum Gasteiger partial charge on any atom is 0.150 e. The van der Waals surface area contributed by atoms with E-state index in [-0.39, 0.29) is 5.41 Å². The highest BCUT2D eigenvalue weighted by atomic mass is 35.5. The van der Waals surface area contributed by atoms with Crippen LogP contribution in [0.2, 0.25) is 5.02 Å². The normalized spacial score (nSPS) is 11.4. The van der Waals surface area contributed by atoms with Crippen LogP contribution in [-0.2, 0) is 5.41 Å². The number of carbonyl (C=O) groups excluding carboxylic acids is 1. The van der Waals surface area contributed by atoms with Gasteiger partial charge in [0.1, 0.15) is 6.29 Å². The molecule has 0 unspecified atom stereocenters. The second kappa shape index (κ2) is 6.02. The highest BCUT2D eigenvalue weighted by Crippen LogP contribution is 2.34. The van der Waals surface area contributed by atoms with Crippen LogP contribution in [0.5, 0.6) is 0 Å². The molecule has 2 rings (SSSR count). The van der Waals surface area contributed by atoms with Crippen molar-refractivity contribution in [3.8, 4) is 0 Å². The molecule has 0 atom stereocenters. The standard InChI is InChI=1S/C17H17ClOS/c1-17(2,3)13-5-7-14(8-6-13)20-16-9-4-12(11-19)10-15(16)18/h4-11H,1-3H3. The molecular weight excluding hydrogens is 288 g/mol. The average molecular weight is 305 g/mol. The zero-order valence-electron chi connectivity index (χ0n) is 11.8. The number of hydrogen-bond donors (Lipinski definition) is 0. The Morgan fingerprint density at radius 3 is 2.20 bits per heavy atom. The van der Waals surface area contributed by atoms with Crippen molar-refractivity contribution in [2.75, 3.05) is 0 Å². The minimum Gasteiger partial charge on any atom is -0.298 e. The van der Waals surface area contributed by atoms with E-state index in [0.717, 1.165) is 16.1 Å². The Labute approximate surface area is 129 Å². The van der Waals surface area contributed by atoms with Crippen LogP contribution in [0.25, 0.3) is 0 Å². The maximum atomic E-state index is 10.7. The fourth-order valence-corrected chi connectivity index (χ4v) is 2.95. The fourth-order valence-electron chi connectivity index (χ4n) is 1.82. The molecule has 0 bridgehead atoms. The summed E-state index contributed by atoms with van der Waals surface area (Å²) < 4.78 is 0. The summed E-state index contributed by atoms with van der Waals surface area (Å²) in [5, 5.41) is 0.611. The first-order chi connectivity index (χ1) is 9.40. The van der Waals surface area contributed by atoms with Gasteiger partial charge in [0, 0.05) is 15.4 Å². The van der Waals surface area contributed by atoms with Crippen molar-refractivity contribution in [2.45, 2.75) is 36.0 Å². The van der Waals surface area contributed by atoms with Gasteiger partial charge in [-0.3, -0.25) is 4.79 Å². The molecule has 0 aliphatic carbocycles. The molecular formula is C17H17ClOS. The van der Waals surface area contributed by atoms with E-state index in [1.54, 1.807) is 23.9 Å². The van der Waals surface area contributed by atoms with Crippen molar-refractivity contribution in [2.24, 2.45) is 0 Å². The van der Waals surface area contributed by atoms with Crippen molar-refractivity contribution < 1.29 is 4.79 Å². The van der Waals surface area contributed by atoms with Gasteiger partial charge < -0.3 is 0 Å². The van der Waals surface area contributed by atoms with Gasteiger partial charge in [-0.2, -0.15) is 0 Å².